The smallest absolute Gasteiger partial charge is 0.347 e. The first-order chi connectivity index (χ1) is 11.8. The van der Waals surface area contributed by atoms with E-state index in [0.29, 0.717) is 33.4 Å². The first-order valence-electron chi connectivity index (χ1n) is 7.46. The number of carbonyl (C=O) groups is 1. The number of hydrogen-bond acceptors (Lipinski definition) is 5. The normalized spacial score (nSPS) is 11.3. The summed E-state index contributed by atoms with van der Waals surface area (Å²) >= 11 is 5.92. The second kappa shape index (κ2) is 6.57. The first-order valence-corrected chi connectivity index (χ1v) is 7.84. The first kappa shape index (κ1) is 17.0. The van der Waals surface area contributed by atoms with Crippen molar-refractivity contribution < 1.29 is 19.4 Å². The Hall–Kier alpha value is -2.86. The Morgan fingerprint density at radius 1 is 1.08 bits per heavy atom. The molecule has 25 heavy (non-hydrogen) atoms. The second-order valence-electron chi connectivity index (χ2n) is 5.83. The summed E-state index contributed by atoms with van der Waals surface area (Å²) in [6.45, 7) is 2.97. The van der Waals surface area contributed by atoms with Crippen LogP contribution in [-0.4, -0.2) is 26.6 Å². The molecule has 128 valence electrons. The van der Waals surface area contributed by atoms with E-state index < -0.39 is 11.6 Å². The minimum atomic E-state index is -1.31. The van der Waals surface area contributed by atoms with Gasteiger partial charge in [-0.1, -0.05) is 11.6 Å². The molecule has 0 fully saturated rings. The number of carboxylic acid groups (broad SMARTS) is 1. The molecule has 1 N–H and O–H groups in total. The Bertz CT molecular complexity index is 926. The summed E-state index contributed by atoms with van der Waals surface area (Å²) in [6, 6.07) is 11.8. The third-order valence-corrected chi connectivity index (χ3v) is 3.65. The molecular weight excluding hydrogens is 344 g/mol. The molecule has 0 aliphatic rings. The average molecular weight is 359 g/mol. The van der Waals surface area contributed by atoms with Gasteiger partial charge in [-0.15, -0.1) is 0 Å². The lowest BCUT2D eigenvalue weighted by atomic mass is 10.1. The van der Waals surface area contributed by atoms with Crippen LogP contribution in [-0.2, 0) is 4.79 Å². The van der Waals surface area contributed by atoms with E-state index in [1.54, 1.807) is 42.5 Å². The fourth-order valence-electron chi connectivity index (χ4n) is 2.05. The molecule has 1 aromatic heterocycles. The Morgan fingerprint density at radius 2 is 1.76 bits per heavy atom. The van der Waals surface area contributed by atoms with Crippen molar-refractivity contribution in [3.8, 4) is 17.4 Å². The largest absolute Gasteiger partial charge is 0.478 e. The Balaban J connectivity index is 1.75. The minimum Gasteiger partial charge on any atom is -0.478 e. The van der Waals surface area contributed by atoms with E-state index in [2.05, 4.69) is 9.97 Å². The molecule has 3 aromatic rings. The van der Waals surface area contributed by atoms with Crippen molar-refractivity contribution in [3.63, 3.8) is 0 Å². The predicted molar refractivity (Wildman–Crippen MR) is 93.4 cm³/mol. The van der Waals surface area contributed by atoms with Gasteiger partial charge in [-0.3, -0.25) is 0 Å². The molecule has 0 saturated heterocycles. The molecule has 0 atom stereocenters. The summed E-state index contributed by atoms with van der Waals surface area (Å²) in [5, 5.41) is 9.68. The molecular formula is C18H15ClN2O4. The monoisotopic (exact) mass is 358 g/mol. The van der Waals surface area contributed by atoms with Crippen molar-refractivity contribution in [1.29, 1.82) is 0 Å². The summed E-state index contributed by atoms with van der Waals surface area (Å²) in [4.78, 5) is 19.7. The number of benzene rings is 2. The van der Waals surface area contributed by atoms with Crippen LogP contribution in [0.2, 0.25) is 5.02 Å². The minimum absolute atomic E-state index is 0.342. The van der Waals surface area contributed by atoms with Crippen LogP contribution in [0.25, 0.3) is 11.0 Å². The van der Waals surface area contributed by atoms with Crippen molar-refractivity contribution in [1.82, 2.24) is 9.97 Å². The zero-order valence-corrected chi connectivity index (χ0v) is 14.3. The summed E-state index contributed by atoms with van der Waals surface area (Å²) in [5.41, 5.74) is 0.0394. The fraction of sp³-hybridized carbons (Fsp3) is 0.167. The van der Waals surface area contributed by atoms with E-state index in [1.165, 1.54) is 20.0 Å². The van der Waals surface area contributed by atoms with Gasteiger partial charge in [0.15, 0.2) is 5.60 Å². The molecule has 0 bridgehead atoms. The third-order valence-electron chi connectivity index (χ3n) is 3.42. The molecule has 7 heteroatoms. The van der Waals surface area contributed by atoms with Crippen molar-refractivity contribution in [2.75, 3.05) is 0 Å². The molecule has 6 nitrogen and oxygen atoms in total. The Morgan fingerprint density at radius 3 is 2.44 bits per heavy atom. The number of fused-ring (bicyclic) bond motifs is 1. The van der Waals surface area contributed by atoms with E-state index in [1.807, 2.05) is 0 Å². The van der Waals surface area contributed by atoms with Gasteiger partial charge in [0, 0.05) is 5.02 Å². The highest BCUT2D eigenvalue weighted by atomic mass is 35.5. The van der Waals surface area contributed by atoms with Crippen LogP contribution in [0.5, 0.6) is 17.4 Å². The van der Waals surface area contributed by atoms with Crippen molar-refractivity contribution >= 4 is 28.6 Å². The maximum atomic E-state index is 11.1. The van der Waals surface area contributed by atoms with Gasteiger partial charge in [-0.05, 0) is 56.3 Å². The summed E-state index contributed by atoms with van der Waals surface area (Å²) < 4.78 is 11.1. The SMILES string of the molecule is CC(C)(Oc1ccc(Oc2cnc3cc(Cl)ccc3n2)cc1)C(=O)O. The standard InChI is InChI=1S/C18H15ClN2O4/c1-18(2,17(22)23)25-13-6-4-12(5-7-13)24-16-10-20-15-9-11(19)3-8-14(15)21-16/h3-10H,1-2H3,(H,22,23). The van der Waals surface area contributed by atoms with Gasteiger partial charge in [0.25, 0.3) is 0 Å². The zero-order chi connectivity index (χ0) is 18.0. The summed E-state index contributed by atoms with van der Waals surface area (Å²) in [6.07, 6.45) is 1.51. The molecule has 0 spiro atoms. The van der Waals surface area contributed by atoms with Crippen LogP contribution in [0.4, 0.5) is 0 Å². The molecule has 0 aliphatic heterocycles. The Labute approximate surface area is 149 Å². The van der Waals surface area contributed by atoms with Gasteiger partial charge in [0.2, 0.25) is 5.88 Å². The molecule has 0 saturated carbocycles. The van der Waals surface area contributed by atoms with Crippen LogP contribution in [0, 0.1) is 0 Å². The number of aromatic nitrogens is 2. The number of nitrogens with zero attached hydrogens (tertiary/aromatic N) is 2. The molecule has 0 aliphatic carbocycles. The van der Waals surface area contributed by atoms with Gasteiger partial charge >= 0.3 is 5.97 Å². The van der Waals surface area contributed by atoms with Gasteiger partial charge < -0.3 is 14.6 Å². The number of halogens is 1. The lowest BCUT2D eigenvalue weighted by Gasteiger charge is -2.21. The zero-order valence-electron chi connectivity index (χ0n) is 13.6. The van der Waals surface area contributed by atoms with Gasteiger partial charge in [0.1, 0.15) is 11.5 Å². The maximum Gasteiger partial charge on any atom is 0.347 e. The molecule has 0 unspecified atom stereocenters. The van der Waals surface area contributed by atoms with Crippen LogP contribution >= 0.6 is 11.6 Å². The maximum absolute atomic E-state index is 11.1. The summed E-state index contributed by atoms with van der Waals surface area (Å²) in [5.74, 6) is 0.260. The number of aliphatic carboxylic acids is 1. The van der Waals surface area contributed by atoms with Crippen LogP contribution in [0.1, 0.15) is 13.8 Å². The van der Waals surface area contributed by atoms with Crippen LogP contribution < -0.4 is 9.47 Å². The van der Waals surface area contributed by atoms with E-state index in [0.717, 1.165) is 0 Å². The number of rotatable bonds is 5. The van der Waals surface area contributed by atoms with E-state index in [9.17, 15) is 4.79 Å². The number of carboxylic acids is 1. The lowest BCUT2D eigenvalue weighted by Crippen LogP contribution is -2.37. The molecule has 3 rings (SSSR count). The molecule has 1 heterocycles. The lowest BCUT2D eigenvalue weighted by molar-refractivity contribution is -0.152. The van der Waals surface area contributed by atoms with Gasteiger partial charge in [-0.25, -0.2) is 14.8 Å². The van der Waals surface area contributed by atoms with Crippen LogP contribution in [0.15, 0.2) is 48.7 Å². The quantitative estimate of drug-likeness (QED) is 0.731. The van der Waals surface area contributed by atoms with Gasteiger partial charge in [-0.2, -0.15) is 0 Å². The summed E-state index contributed by atoms with van der Waals surface area (Å²) in [7, 11) is 0. The Kier molecular flexibility index (Phi) is 4.46. The van der Waals surface area contributed by atoms with Crippen molar-refractivity contribution in [3.05, 3.63) is 53.7 Å². The highest BCUT2D eigenvalue weighted by Crippen LogP contribution is 2.26. The van der Waals surface area contributed by atoms with E-state index in [4.69, 9.17) is 26.2 Å². The van der Waals surface area contributed by atoms with E-state index in [-0.39, 0.29) is 0 Å². The topological polar surface area (TPSA) is 81.5 Å². The van der Waals surface area contributed by atoms with Crippen molar-refractivity contribution in [2.24, 2.45) is 0 Å². The second-order valence-corrected chi connectivity index (χ2v) is 6.27. The number of hydrogen-bond donors (Lipinski definition) is 1. The third kappa shape index (κ3) is 3.97. The molecule has 0 amide bonds. The van der Waals surface area contributed by atoms with E-state index >= 15 is 0 Å². The van der Waals surface area contributed by atoms with Crippen LogP contribution in [0.3, 0.4) is 0 Å². The van der Waals surface area contributed by atoms with Gasteiger partial charge in [0.05, 0.1) is 17.2 Å². The fourth-order valence-corrected chi connectivity index (χ4v) is 2.22. The molecule has 2 aromatic carbocycles. The predicted octanol–water partition coefficient (Wildman–Crippen LogP) is 4.32. The van der Waals surface area contributed by atoms with Crippen molar-refractivity contribution in [2.45, 2.75) is 19.4 Å². The highest BCUT2D eigenvalue weighted by molar-refractivity contribution is 6.31. The molecule has 0 radical (unpaired) electrons. The highest BCUT2D eigenvalue weighted by Gasteiger charge is 2.29. The average Bonchev–Trinajstić information content (AvgIpc) is 2.56. The number of ether oxygens (including phenoxy) is 2.